The van der Waals surface area contributed by atoms with Gasteiger partial charge in [0.25, 0.3) is 0 Å². The van der Waals surface area contributed by atoms with Crippen LogP contribution >= 0.6 is 0 Å². The largest absolute Gasteiger partial charge is 0.478 e. The maximum atomic E-state index is 12.4. The SMILES string of the molecule is CC(C)NC1CNCC1C(=O)Nc1ccc(/C=C/C(=O)O)cc1. The predicted octanol–water partition coefficient (Wildman–Crippen LogP) is 1.31. The standard InChI is InChI=1S/C17H23N3O3/c1-11(2)19-15-10-18-9-14(15)17(23)20-13-6-3-12(4-7-13)5-8-16(21)22/h3-8,11,14-15,18-19H,9-10H2,1-2H3,(H,20,23)(H,21,22)/b8-5+. The molecule has 2 unspecified atom stereocenters. The minimum absolute atomic E-state index is 0.0121. The molecule has 2 atom stereocenters. The molecule has 1 saturated heterocycles. The van der Waals surface area contributed by atoms with E-state index in [1.54, 1.807) is 24.3 Å². The summed E-state index contributed by atoms with van der Waals surface area (Å²) in [6.45, 7) is 5.58. The summed E-state index contributed by atoms with van der Waals surface area (Å²) in [6.07, 6.45) is 2.59. The molecule has 1 fully saturated rings. The molecule has 0 aliphatic carbocycles. The van der Waals surface area contributed by atoms with E-state index in [4.69, 9.17) is 5.11 Å². The average molecular weight is 317 g/mol. The molecule has 6 nitrogen and oxygen atoms in total. The fourth-order valence-corrected chi connectivity index (χ4v) is 2.64. The van der Waals surface area contributed by atoms with Gasteiger partial charge in [-0.05, 0) is 23.8 Å². The van der Waals surface area contributed by atoms with Gasteiger partial charge in [0.2, 0.25) is 5.91 Å². The van der Waals surface area contributed by atoms with Gasteiger partial charge in [-0.1, -0.05) is 26.0 Å². The Bertz CT molecular complexity index is 581. The molecule has 1 amide bonds. The van der Waals surface area contributed by atoms with Crippen molar-refractivity contribution in [2.45, 2.75) is 25.9 Å². The van der Waals surface area contributed by atoms with Crippen molar-refractivity contribution in [3.63, 3.8) is 0 Å². The van der Waals surface area contributed by atoms with E-state index in [9.17, 15) is 9.59 Å². The number of hydrogen-bond donors (Lipinski definition) is 4. The molecule has 23 heavy (non-hydrogen) atoms. The second-order valence-electron chi connectivity index (χ2n) is 5.98. The maximum absolute atomic E-state index is 12.4. The second-order valence-corrected chi connectivity index (χ2v) is 5.98. The monoisotopic (exact) mass is 317 g/mol. The number of anilines is 1. The van der Waals surface area contributed by atoms with Gasteiger partial charge in [0, 0.05) is 36.9 Å². The summed E-state index contributed by atoms with van der Waals surface area (Å²) in [5, 5.41) is 18.2. The molecule has 1 aliphatic rings. The van der Waals surface area contributed by atoms with Crippen LogP contribution in [0.1, 0.15) is 19.4 Å². The van der Waals surface area contributed by atoms with Gasteiger partial charge in [0.15, 0.2) is 0 Å². The van der Waals surface area contributed by atoms with Gasteiger partial charge >= 0.3 is 5.97 Å². The van der Waals surface area contributed by atoms with Crippen LogP contribution < -0.4 is 16.0 Å². The average Bonchev–Trinajstić information content (AvgIpc) is 2.94. The molecule has 124 valence electrons. The van der Waals surface area contributed by atoms with E-state index in [1.165, 1.54) is 6.08 Å². The molecule has 0 bridgehead atoms. The van der Waals surface area contributed by atoms with Gasteiger partial charge < -0.3 is 21.1 Å². The van der Waals surface area contributed by atoms with Crippen molar-refractivity contribution in [3.8, 4) is 0 Å². The Morgan fingerprint density at radius 1 is 1.26 bits per heavy atom. The first-order chi connectivity index (χ1) is 11.0. The molecule has 1 heterocycles. The smallest absolute Gasteiger partial charge is 0.328 e. The van der Waals surface area contributed by atoms with E-state index in [0.29, 0.717) is 18.3 Å². The predicted molar refractivity (Wildman–Crippen MR) is 90.2 cm³/mol. The van der Waals surface area contributed by atoms with Crippen molar-refractivity contribution >= 4 is 23.6 Å². The van der Waals surface area contributed by atoms with Crippen molar-refractivity contribution < 1.29 is 14.7 Å². The van der Waals surface area contributed by atoms with Crippen molar-refractivity contribution in [2.75, 3.05) is 18.4 Å². The molecule has 2 rings (SSSR count). The first-order valence-electron chi connectivity index (χ1n) is 7.74. The lowest BCUT2D eigenvalue weighted by Crippen LogP contribution is -2.44. The third-order valence-corrected chi connectivity index (χ3v) is 3.69. The first-order valence-corrected chi connectivity index (χ1v) is 7.74. The molecule has 4 N–H and O–H groups in total. The van der Waals surface area contributed by atoms with Crippen molar-refractivity contribution in [3.05, 3.63) is 35.9 Å². The molecule has 1 aliphatic heterocycles. The number of aliphatic carboxylic acids is 1. The number of carbonyl (C=O) groups is 2. The molecular formula is C17H23N3O3. The Kier molecular flexibility index (Phi) is 5.90. The van der Waals surface area contributed by atoms with E-state index in [1.807, 2.05) is 0 Å². The van der Waals surface area contributed by atoms with Gasteiger partial charge in [0.05, 0.1) is 5.92 Å². The topological polar surface area (TPSA) is 90.5 Å². The lowest BCUT2D eigenvalue weighted by atomic mass is 10.0. The van der Waals surface area contributed by atoms with E-state index in [2.05, 4.69) is 29.8 Å². The van der Waals surface area contributed by atoms with Gasteiger partial charge in [-0.15, -0.1) is 0 Å². The molecule has 0 radical (unpaired) electrons. The van der Waals surface area contributed by atoms with Gasteiger partial charge in [-0.3, -0.25) is 4.79 Å². The van der Waals surface area contributed by atoms with E-state index in [-0.39, 0.29) is 17.9 Å². The van der Waals surface area contributed by atoms with Crippen LogP contribution in [0.5, 0.6) is 0 Å². The molecular weight excluding hydrogens is 294 g/mol. The quantitative estimate of drug-likeness (QED) is 0.594. The molecule has 1 aromatic rings. The fourth-order valence-electron chi connectivity index (χ4n) is 2.64. The van der Waals surface area contributed by atoms with Crippen LogP contribution in [0, 0.1) is 5.92 Å². The van der Waals surface area contributed by atoms with Crippen molar-refractivity contribution in [1.29, 1.82) is 0 Å². The van der Waals surface area contributed by atoms with E-state index < -0.39 is 5.97 Å². The zero-order valence-electron chi connectivity index (χ0n) is 13.4. The summed E-state index contributed by atoms with van der Waals surface area (Å²) in [5.41, 5.74) is 1.48. The first kappa shape index (κ1) is 17.2. The molecule has 0 saturated carbocycles. The van der Waals surface area contributed by atoms with Gasteiger partial charge in [0.1, 0.15) is 0 Å². The summed E-state index contributed by atoms with van der Waals surface area (Å²) < 4.78 is 0. The number of hydrogen-bond acceptors (Lipinski definition) is 4. The highest BCUT2D eigenvalue weighted by Gasteiger charge is 2.32. The zero-order valence-corrected chi connectivity index (χ0v) is 13.4. The lowest BCUT2D eigenvalue weighted by molar-refractivity contribution is -0.131. The molecule has 0 aromatic heterocycles. The summed E-state index contributed by atoms with van der Waals surface area (Å²) in [5.74, 6) is -1.11. The molecule has 0 spiro atoms. The van der Waals surface area contributed by atoms with Crippen LogP contribution in [0.25, 0.3) is 6.08 Å². The Hall–Kier alpha value is -2.18. The number of carboxylic acid groups (broad SMARTS) is 1. The Labute approximate surface area is 136 Å². The second kappa shape index (κ2) is 7.89. The lowest BCUT2D eigenvalue weighted by Gasteiger charge is -2.21. The fraction of sp³-hybridized carbons (Fsp3) is 0.412. The summed E-state index contributed by atoms with van der Waals surface area (Å²) >= 11 is 0. The van der Waals surface area contributed by atoms with Crippen LogP contribution in [-0.4, -0.2) is 42.2 Å². The molecule has 1 aromatic carbocycles. The van der Waals surface area contributed by atoms with Crippen LogP contribution in [0.15, 0.2) is 30.3 Å². The zero-order chi connectivity index (χ0) is 16.8. The Balaban J connectivity index is 1.95. The van der Waals surface area contributed by atoms with E-state index in [0.717, 1.165) is 18.2 Å². The minimum atomic E-state index is -0.986. The van der Waals surface area contributed by atoms with Gasteiger partial charge in [-0.2, -0.15) is 0 Å². The van der Waals surface area contributed by atoms with Gasteiger partial charge in [-0.25, -0.2) is 4.79 Å². The number of carbonyl (C=O) groups excluding carboxylic acids is 1. The van der Waals surface area contributed by atoms with Crippen LogP contribution in [0.2, 0.25) is 0 Å². The highest BCUT2D eigenvalue weighted by molar-refractivity contribution is 5.93. The molecule has 6 heteroatoms. The highest BCUT2D eigenvalue weighted by Crippen LogP contribution is 2.16. The maximum Gasteiger partial charge on any atom is 0.328 e. The number of amides is 1. The summed E-state index contributed by atoms with van der Waals surface area (Å²) in [4.78, 5) is 22.9. The van der Waals surface area contributed by atoms with E-state index >= 15 is 0 Å². The minimum Gasteiger partial charge on any atom is -0.478 e. The third kappa shape index (κ3) is 5.19. The normalized spacial score (nSPS) is 21.0. The van der Waals surface area contributed by atoms with Crippen LogP contribution in [0.3, 0.4) is 0 Å². The summed E-state index contributed by atoms with van der Waals surface area (Å²) in [7, 11) is 0. The third-order valence-electron chi connectivity index (χ3n) is 3.69. The van der Waals surface area contributed by atoms with Crippen molar-refractivity contribution in [2.24, 2.45) is 5.92 Å². The number of nitrogens with one attached hydrogen (secondary N) is 3. The number of rotatable bonds is 6. The van der Waals surface area contributed by atoms with Crippen molar-refractivity contribution in [1.82, 2.24) is 10.6 Å². The summed E-state index contributed by atoms with van der Waals surface area (Å²) in [6, 6.07) is 7.54. The Morgan fingerprint density at radius 2 is 1.96 bits per heavy atom. The number of carboxylic acids is 1. The number of benzene rings is 1. The van der Waals surface area contributed by atoms with Crippen LogP contribution in [0.4, 0.5) is 5.69 Å². The Morgan fingerprint density at radius 3 is 2.57 bits per heavy atom. The van der Waals surface area contributed by atoms with Crippen LogP contribution in [-0.2, 0) is 9.59 Å². The highest BCUT2D eigenvalue weighted by atomic mass is 16.4.